The highest BCUT2D eigenvalue weighted by molar-refractivity contribution is 5.82. The van der Waals surface area contributed by atoms with Crippen LogP contribution >= 0.6 is 0 Å². The van der Waals surface area contributed by atoms with Crippen molar-refractivity contribution in [1.29, 1.82) is 0 Å². The van der Waals surface area contributed by atoms with E-state index < -0.39 is 35.6 Å². The third-order valence-corrected chi connectivity index (χ3v) is 5.14. The number of carbonyl (C=O) groups is 1. The second-order valence-electron chi connectivity index (χ2n) is 7.23. The number of hydrogen-bond acceptors (Lipinski definition) is 5. The lowest BCUT2D eigenvalue weighted by Gasteiger charge is -2.34. The van der Waals surface area contributed by atoms with Gasteiger partial charge in [0.1, 0.15) is 17.6 Å². The van der Waals surface area contributed by atoms with E-state index in [-0.39, 0.29) is 29.1 Å². The Labute approximate surface area is 187 Å². The fraction of sp³-hybridized carbons (Fsp3) is 0.261. The van der Waals surface area contributed by atoms with E-state index >= 15 is 0 Å². The number of ether oxygens (including phenoxy) is 1. The smallest absolute Gasteiger partial charge is 0.471 e. The molecule has 1 aromatic heterocycles. The molecule has 7 nitrogen and oxygen atoms in total. The number of carbonyl (C=O) groups excluding carboxylic acids is 1. The molecule has 0 bridgehead atoms. The molecule has 0 N–H and O–H groups in total. The third-order valence-electron chi connectivity index (χ3n) is 5.14. The van der Waals surface area contributed by atoms with E-state index in [2.05, 4.69) is 0 Å². The van der Waals surface area contributed by atoms with Crippen molar-refractivity contribution in [3.8, 4) is 5.75 Å². The van der Waals surface area contributed by atoms with Crippen LogP contribution in [-0.4, -0.2) is 35.1 Å². The Morgan fingerprint density at radius 2 is 1.76 bits per heavy atom. The fourth-order valence-corrected chi connectivity index (χ4v) is 3.67. The van der Waals surface area contributed by atoms with Gasteiger partial charge in [-0.15, -0.1) is 0 Å². The van der Waals surface area contributed by atoms with Gasteiger partial charge in [-0.2, -0.15) is 13.2 Å². The first-order valence-electron chi connectivity index (χ1n) is 9.93. The second kappa shape index (κ2) is 10.2. The monoisotopic (exact) mass is 462 g/mol. The molecule has 2 atom stereocenters. The summed E-state index contributed by atoms with van der Waals surface area (Å²) in [5.41, 5.74) is 0.469. The quantitative estimate of drug-likeness (QED) is 0.337. The number of nitro groups is 1. The van der Waals surface area contributed by atoms with Crippen LogP contribution in [-0.2, 0) is 17.8 Å². The number of benzene rings is 2. The predicted molar refractivity (Wildman–Crippen MR) is 112 cm³/mol. The summed E-state index contributed by atoms with van der Waals surface area (Å²) in [7, 11) is 1.35. The molecule has 1 heterocycles. The fourth-order valence-electron chi connectivity index (χ4n) is 3.67. The maximum absolute atomic E-state index is 13.7. The van der Waals surface area contributed by atoms with Crippen LogP contribution in [0.2, 0.25) is 0 Å². The van der Waals surface area contributed by atoms with Crippen molar-refractivity contribution >= 4 is 5.91 Å². The van der Waals surface area contributed by atoms with Crippen LogP contribution in [0.1, 0.15) is 22.9 Å². The van der Waals surface area contributed by atoms with Crippen molar-refractivity contribution < 1.29 is 32.0 Å². The second-order valence-corrected chi connectivity index (χ2v) is 7.23. The van der Waals surface area contributed by atoms with Crippen molar-refractivity contribution in [3.63, 3.8) is 0 Å². The molecule has 0 aliphatic carbocycles. The minimum absolute atomic E-state index is 0.193. The first-order valence-corrected chi connectivity index (χ1v) is 9.93. The Hall–Kier alpha value is -3.82. The summed E-state index contributed by atoms with van der Waals surface area (Å²) in [5.74, 6) is -1.71. The molecule has 3 aromatic rings. The Bertz CT molecular complexity index is 1070. The number of rotatable bonds is 9. The van der Waals surface area contributed by atoms with Gasteiger partial charge in [0.15, 0.2) is 0 Å². The van der Waals surface area contributed by atoms with Gasteiger partial charge in [-0.05, 0) is 23.8 Å². The highest BCUT2D eigenvalue weighted by atomic mass is 19.4. The minimum atomic E-state index is -5.25. The molecule has 0 aliphatic rings. The molecule has 2 aromatic carbocycles. The zero-order valence-electron chi connectivity index (χ0n) is 17.6. The number of hydrogen-bond donors (Lipinski definition) is 0. The number of halogens is 3. The summed E-state index contributed by atoms with van der Waals surface area (Å²) in [4.78, 5) is 24.5. The summed E-state index contributed by atoms with van der Waals surface area (Å²) >= 11 is 0. The van der Waals surface area contributed by atoms with Crippen molar-refractivity contribution in [1.82, 2.24) is 4.90 Å². The van der Waals surface area contributed by atoms with Crippen molar-refractivity contribution in [3.05, 3.63) is 100.0 Å². The van der Waals surface area contributed by atoms with Gasteiger partial charge in [0.2, 0.25) is 6.04 Å². The standard InChI is InChI=1S/C23H21F3N2O5/c1-32-20-12-6-5-10-17(20)15-27(22(29)23(24,25)26)21(16-8-3-2-4-9-16)19(28(30)31)14-18-11-7-13-33-18/h2-13,19,21H,14-15H2,1H3/t19-,21+/m1/s1. The average molecular weight is 462 g/mol. The number of alkyl halides is 3. The Kier molecular flexibility index (Phi) is 7.37. The molecule has 33 heavy (non-hydrogen) atoms. The Balaban J connectivity index is 2.15. The molecule has 0 spiro atoms. The molecule has 0 unspecified atom stereocenters. The molecule has 0 aliphatic heterocycles. The molecule has 0 fully saturated rings. The highest BCUT2D eigenvalue weighted by Gasteiger charge is 2.49. The first-order chi connectivity index (χ1) is 15.7. The number of nitrogens with zero attached hydrogens (tertiary/aromatic N) is 2. The summed E-state index contributed by atoms with van der Waals surface area (Å²) < 4.78 is 51.5. The van der Waals surface area contributed by atoms with Gasteiger partial charge in [0.05, 0.1) is 26.3 Å². The molecular formula is C23H21F3N2O5. The summed E-state index contributed by atoms with van der Waals surface area (Å²) in [6.07, 6.45) is -4.24. The molecule has 0 saturated heterocycles. The van der Waals surface area contributed by atoms with Crippen LogP contribution in [0.3, 0.4) is 0 Å². The van der Waals surface area contributed by atoms with Gasteiger partial charge in [-0.25, -0.2) is 0 Å². The number of methoxy groups -OCH3 is 1. The van der Waals surface area contributed by atoms with Crippen molar-refractivity contribution in [2.45, 2.75) is 31.2 Å². The van der Waals surface area contributed by atoms with Crippen LogP contribution < -0.4 is 4.74 Å². The summed E-state index contributed by atoms with van der Waals surface area (Å²) in [6, 6.07) is 13.8. The lowest BCUT2D eigenvalue weighted by Crippen LogP contribution is -2.48. The Morgan fingerprint density at radius 1 is 1.09 bits per heavy atom. The van der Waals surface area contributed by atoms with Crippen LogP contribution in [0.4, 0.5) is 13.2 Å². The maximum atomic E-state index is 13.7. The minimum Gasteiger partial charge on any atom is -0.496 e. The van der Waals surface area contributed by atoms with Gasteiger partial charge >= 0.3 is 12.1 Å². The molecule has 3 rings (SSSR count). The van der Waals surface area contributed by atoms with Gasteiger partial charge in [0, 0.05) is 10.5 Å². The summed E-state index contributed by atoms with van der Waals surface area (Å²) in [5, 5.41) is 12.1. The molecule has 0 radical (unpaired) electrons. The SMILES string of the molecule is COc1ccccc1CN(C(=O)C(F)(F)F)[C@@H](c1ccccc1)[C@@H](Cc1ccco1)[N+](=O)[O-]. The molecular weight excluding hydrogens is 441 g/mol. The average Bonchev–Trinajstić information content (AvgIpc) is 3.31. The van der Waals surface area contributed by atoms with Crippen LogP contribution in [0, 0.1) is 10.1 Å². The number of amides is 1. The third kappa shape index (κ3) is 5.71. The predicted octanol–water partition coefficient (Wildman–Crippen LogP) is 4.81. The summed E-state index contributed by atoms with van der Waals surface area (Å²) in [6.45, 7) is -0.551. The topological polar surface area (TPSA) is 85.8 Å². The normalized spacial score (nSPS) is 13.2. The van der Waals surface area contributed by atoms with E-state index in [0.29, 0.717) is 4.90 Å². The zero-order valence-corrected chi connectivity index (χ0v) is 17.6. The lowest BCUT2D eigenvalue weighted by atomic mass is 9.93. The molecule has 10 heteroatoms. The van der Waals surface area contributed by atoms with E-state index in [0.717, 1.165) is 0 Å². The van der Waals surface area contributed by atoms with Crippen LogP contribution in [0.5, 0.6) is 5.75 Å². The number of furan rings is 1. The van der Waals surface area contributed by atoms with Crippen molar-refractivity contribution in [2.24, 2.45) is 0 Å². The zero-order chi connectivity index (χ0) is 24.0. The van der Waals surface area contributed by atoms with Gasteiger partial charge in [0.25, 0.3) is 0 Å². The highest BCUT2D eigenvalue weighted by Crippen LogP contribution is 2.35. The van der Waals surface area contributed by atoms with E-state index in [1.165, 1.54) is 49.8 Å². The van der Waals surface area contributed by atoms with E-state index in [1.54, 1.807) is 30.3 Å². The lowest BCUT2D eigenvalue weighted by molar-refractivity contribution is -0.531. The first kappa shape index (κ1) is 23.8. The molecule has 1 amide bonds. The van der Waals surface area contributed by atoms with Crippen LogP contribution in [0.15, 0.2) is 77.4 Å². The van der Waals surface area contributed by atoms with Gasteiger partial charge in [-0.1, -0.05) is 48.5 Å². The molecule has 0 saturated carbocycles. The van der Waals surface area contributed by atoms with E-state index in [1.807, 2.05) is 0 Å². The van der Waals surface area contributed by atoms with Gasteiger partial charge in [-0.3, -0.25) is 14.9 Å². The van der Waals surface area contributed by atoms with Crippen LogP contribution in [0.25, 0.3) is 0 Å². The van der Waals surface area contributed by atoms with E-state index in [4.69, 9.17) is 9.15 Å². The van der Waals surface area contributed by atoms with Gasteiger partial charge < -0.3 is 14.1 Å². The van der Waals surface area contributed by atoms with Crippen molar-refractivity contribution in [2.75, 3.05) is 7.11 Å². The van der Waals surface area contributed by atoms with E-state index in [9.17, 15) is 28.1 Å². The Morgan fingerprint density at radius 3 is 2.33 bits per heavy atom. The maximum Gasteiger partial charge on any atom is 0.471 e. The number of para-hydroxylation sites is 1. The largest absolute Gasteiger partial charge is 0.496 e. The molecule has 174 valence electrons.